The van der Waals surface area contributed by atoms with Crippen molar-refractivity contribution >= 4 is 11.8 Å². The van der Waals surface area contributed by atoms with Crippen molar-refractivity contribution in [1.29, 1.82) is 0 Å². The van der Waals surface area contributed by atoms with E-state index in [9.17, 15) is 9.59 Å². The number of hydrogen-bond acceptors (Lipinski definition) is 5. The molecule has 1 aromatic carbocycles. The van der Waals surface area contributed by atoms with Crippen LogP contribution >= 0.6 is 0 Å². The van der Waals surface area contributed by atoms with Crippen molar-refractivity contribution in [2.75, 3.05) is 20.8 Å². The summed E-state index contributed by atoms with van der Waals surface area (Å²) >= 11 is 0. The fourth-order valence-corrected chi connectivity index (χ4v) is 1.81. The number of ether oxygens (including phenoxy) is 3. The SMILES string of the molecule is CCCOc1ccc(C(=O)CCCC(=O)OC)cc1OC. The maximum Gasteiger partial charge on any atom is 0.305 e. The third-order valence-electron chi connectivity index (χ3n) is 2.96. The summed E-state index contributed by atoms with van der Waals surface area (Å²) in [5.74, 6) is 0.843. The molecule has 1 rings (SSSR count). The van der Waals surface area contributed by atoms with Crippen molar-refractivity contribution in [3.63, 3.8) is 0 Å². The molecule has 0 bridgehead atoms. The zero-order valence-electron chi connectivity index (χ0n) is 12.8. The molecule has 116 valence electrons. The molecule has 0 aliphatic heterocycles. The summed E-state index contributed by atoms with van der Waals surface area (Å²) in [5.41, 5.74) is 0.556. The van der Waals surface area contributed by atoms with Gasteiger partial charge < -0.3 is 14.2 Å². The molecule has 0 heterocycles. The first-order valence-electron chi connectivity index (χ1n) is 7.03. The molecule has 0 N–H and O–H groups in total. The Kier molecular flexibility index (Phi) is 7.29. The predicted octanol–water partition coefficient (Wildman–Crippen LogP) is 3.01. The van der Waals surface area contributed by atoms with Gasteiger partial charge in [0.2, 0.25) is 0 Å². The molecule has 0 aromatic heterocycles. The second-order valence-electron chi connectivity index (χ2n) is 4.57. The van der Waals surface area contributed by atoms with Gasteiger partial charge in [-0.3, -0.25) is 9.59 Å². The molecule has 0 fully saturated rings. The molecule has 0 amide bonds. The van der Waals surface area contributed by atoms with E-state index in [1.54, 1.807) is 25.3 Å². The predicted molar refractivity (Wildman–Crippen MR) is 79.0 cm³/mol. The van der Waals surface area contributed by atoms with Crippen LogP contribution in [0.4, 0.5) is 0 Å². The quantitative estimate of drug-likeness (QED) is 0.517. The molecule has 0 spiro atoms. The second-order valence-corrected chi connectivity index (χ2v) is 4.57. The lowest BCUT2D eigenvalue weighted by Crippen LogP contribution is -2.05. The second kappa shape index (κ2) is 9.00. The number of benzene rings is 1. The number of ketones is 1. The largest absolute Gasteiger partial charge is 0.493 e. The van der Waals surface area contributed by atoms with Crippen molar-refractivity contribution in [2.24, 2.45) is 0 Å². The highest BCUT2D eigenvalue weighted by molar-refractivity contribution is 5.96. The van der Waals surface area contributed by atoms with Gasteiger partial charge in [-0.05, 0) is 31.0 Å². The summed E-state index contributed by atoms with van der Waals surface area (Å²) in [7, 11) is 2.88. The summed E-state index contributed by atoms with van der Waals surface area (Å²) in [5, 5.41) is 0. The smallest absolute Gasteiger partial charge is 0.305 e. The lowest BCUT2D eigenvalue weighted by molar-refractivity contribution is -0.140. The zero-order valence-corrected chi connectivity index (χ0v) is 12.8. The molecule has 5 heteroatoms. The van der Waals surface area contributed by atoms with Gasteiger partial charge in [0, 0.05) is 18.4 Å². The van der Waals surface area contributed by atoms with E-state index in [1.165, 1.54) is 7.11 Å². The average Bonchev–Trinajstić information content (AvgIpc) is 2.52. The number of carbonyl (C=O) groups is 2. The molecule has 0 aliphatic rings. The number of methoxy groups -OCH3 is 2. The zero-order chi connectivity index (χ0) is 15.7. The van der Waals surface area contributed by atoms with Crippen molar-refractivity contribution in [3.05, 3.63) is 23.8 Å². The third kappa shape index (κ3) is 5.45. The summed E-state index contributed by atoms with van der Waals surface area (Å²) < 4.78 is 15.3. The molecular formula is C16H22O5. The van der Waals surface area contributed by atoms with E-state index in [4.69, 9.17) is 9.47 Å². The number of hydrogen-bond donors (Lipinski definition) is 0. The molecular weight excluding hydrogens is 272 g/mol. The van der Waals surface area contributed by atoms with Crippen LogP contribution < -0.4 is 9.47 Å². The lowest BCUT2D eigenvalue weighted by atomic mass is 10.0. The van der Waals surface area contributed by atoms with Crippen LogP contribution in [0.5, 0.6) is 11.5 Å². The van der Waals surface area contributed by atoms with E-state index in [2.05, 4.69) is 4.74 Å². The number of esters is 1. The first-order chi connectivity index (χ1) is 10.1. The van der Waals surface area contributed by atoms with E-state index in [0.29, 0.717) is 36.5 Å². The van der Waals surface area contributed by atoms with E-state index in [-0.39, 0.29) is 18.2 Å². The maximum atomic E-state index is 12.1. The van der Waals surface area contributed by atoms with Crippen LogP contribution in [0.25, 0.3) is 0 Å². The summed E-state index contributed by atoms with van der Waals surface area (Å²) in [4.78, 5) is 23.1. The average molecular weight is 294 g/mol. The van der Waals surface area contributed by atoms with E-state index in [0.717, 1.165) is 6.42 Å². The van der Waals surface area contributed by atoms with Gasteiger partial charge in [0.15, 0.2) is 17.3 Å². The van der Waals surface area contributed by atoms with Crippen molar-refractivity contribution in [1.82, 2.24) is 0 Å². The van der Waals surface area contributed by atoms with Crippen LogP contribution in [0.1, 0.15) is 43.0 Å². The Morgan fingerprint density at radius 1 is 1.10 bits per heavy atom. The standard InChI is InChI=1S/C16H22O5/c1-4-10-21-14-9-8-12(11-15(14)19-2)13(17)6-5-7-16(18)20-3/h8-9,11H,4-7,10H2,1-3H3. The van der Waals surface area contributed by atoms with Gasteiger partial charge in [-0.2, -0.15) is 0 Å². The normalized spacial score (nSPS) is 10.0. The first-order valence-corrected chi connectivity index (χ1v) is 7.03. The molecule has 0 atom stereocenters. The van der Waals surface area contributed by atoms with Gasteiger partial charge in [0.05, 0.1) is 20.8 Å². The summed E-state index contributed by atoms with van der Waals surface area (Å²) in [6, 6.07) is 5.13. The van der Waals surface area contributed by atoms with Crippen molar-refractivity contribution < 1.29 is 23.8 Å². The third-order valence-corrected chi connectivity index (χ3v) is 2.96. The van der Waals surface area contributed by atoms with Crippen LogP contribution in [0.15, 0.2) is 18.2 Å². The Balaban J connectivity index is 2.65. The topological polar surface area (TPSA) is 61.8 Å². The van der Waals surface area contributed by atoms with Crippen molar-refractivity contribution in [2.45, 2.75) is 32.6 Å². The summed E-state index contributed by atoms with van der Waals surface area (Å²) in [6.07, 6.45) is 1.92. The molecule has 0 saturated heterocycles. The molecule has 0 unspecified atom stereocenters. The van der Waals surface area contributed by atoms with Crippen LogP contribution in [0, 0.1) is 0 Å². The van der Waals surface area contributed by atoms with Crippen LogP contribution in [0.2, 0.25) is 0 Å². The minimum absolute atomic E-state index is 0.0285. The Labute approximate surface area is 125 Å². The van der Waals surface area contributed by atoms with Gasteiger partial charge in [-0.1, -0.05) is 6.92 Å². The van der Waals surface area contributed by atoms with Crippen LogP contribution in [-0.2, 0) is 9.53 Å². The molecule has 21 heavy (non-hydrogen) atoms. The first kappa shape index (κ1) is 17.0. The van der Waals surface area contributed by atoms with Crippen LogP contribution in [0.3, 0.4) is 0 Å². The number of carbonyl (C=O) groups excluding carboxylic acids is 2. The van der Waals surface area contributed by atoms with Crippen molar-refractivity contribution in [3.8, 4) is 11.5 Å². The highest BCUT2D eigenvalue weighted by Gasteiger charge is 2.12. The van der Waals surface area contributed by atoms with E-state index in [1.807, 2.05) is 6.92 Å². The highest BCUT2D eigenvalue weighted by Crippen LogP contribution is 2.28. The molecule has 0 saturated carbocycles. The van der Waals surface area contributed by atoms with E-state index >= 15 is 0 Å². The number of rotatable bonds is 9. The van der Waals surface area contributed by atoms with E-state index < -0.39 is 0 Å². The summed E-state index contributed by atoms with van der Waals surface area (Å²) in [6.45, 7) is 2.62. The fourth-order valence-electron chi connectivity index (χ4n) is 1.81. The minimum atomic E-state index is -0.302. The maximum absolute atomic E-state index is 12.1. The Morgan fingerprint density at radius 2 is 1.86 bits per heavy atom. The Bertz CT molecular complexity index is 482. The van der Waals surface area contributed by atoms with Crippen LogP contribution in [-0.4, -0.2) is 32.6 Å². The monoisotopic (exact) mass is 294 g/mol. The highest BCUT2D eigenvalue weighted by atomic mass is 16.5. The van der Waals surface area contributed by atoms with Gasteiger partial charge >= 0.3 is 5.97 Å². The van der Waals surface area contributed by atoms with Gasteiger partial charge in [0.1, 0.15) is 0 Å². The molecule has 1 aromatic rings. The van der Waals surface area contributed by atoms with Gasteiger partial charge in [-0.15, -0.1) is 0 Å². The fraction of sp³-hybridized carbons (Fsp3) is 0.500. The minimum Gasteiger partial charge on any atom is -0.493 e. The molecule has 5 nitrogen and oxygen atoms in total. The lowest BCUT2D eigenvalue weighted by Gasteiger charge is -2.11. The Morgan fingerprint density at radius 3 is 2.48 bits per heavy atom. The molecule has 0 radical (unpaired) electrons. The van der Waals surface area contributed by atoms with Gasteiger partial charge in [-0.25, -0.2) is 0 Å². The van der Waals surface area contributed by atoms with Gasteiger partial charge in [0.25, 0.3) is 0 Å². The number of Topliss-reactive ketones (excluding diaryl/α,β-unsaturated/α-hetero) is 1. The Hall–Kier alpha value is -2.04. The molecule has 0 aliphatic carbocycles.